The summed E-state index contributed by atoms with van der Waals surface area (Å²) in [5.41, 5.74) is 4.00. The van der Waals surface area contributed by atoms with Crippen LogP contribution in [0.2, 0.25) is 0 Å². The summed E-state index contributed by atoms with van der Waals surface area (Å²) in [7, 11) is 1.38. The number of benzene rings is 1. The first-order chi connectivity index (χ1) is 10.5. The summed E-state index contributed by atoms with van der Waals surface area (Å²) in [5.74, 6) is 0.464. The predicted molar refractivity (Wildman–Crippen MR) is 85.1 cm³/mol. The molecule has 0 bridgehead atoms. The normalized spacial score (nSPS) is 14.5. The van der Waals surface area contributed by atoms with E-state index in [1.165, 1.54) is 12.8 Å². The molecule has 0 radical (unpaired) electrons. The third-order valence-electron chi connectivity index (χ3n) is 4.27. The third kappa shape index (κ3) is 2.43. The quantitative estimate of drug-likeness (QED) is 0.818. The van der Waals surface area contributed by atoms with Crippen LogP contribution in [-0.4, -0.2) is 23.4 Å². The minimum absolute atomic E-state index is 0.277. The van der Waals surface area contributed by atoms with Crippen molar-refractivity contribution in [2.24, 2.45) is 5.92 Å². The van der Waals surface area contributed by atoms with Gasteiger partial charge >= 0.3 is 5.97 Å². The van der Waals surface area contributed by atoms with Crippen molar-refractivity contribution in [1.82, 2.24) is 4.57 Å². The monoisotopic (exact) mass is 299 g/mol. The van der Waals surface area contributed by atoms with E-state index in [9.17, 15) is 9.59 Å². The van der Waals surface area contributed by atoms with Crippen LogP contribution < -0.4 is 0 Å². The Morgan fingerprint density at radius 2 is 2.09 bits per heavy atom. The van der Waals surface area contributed by atoms with Gasteiger partial charge in [-0.05, 0) is 36.1 Å². The lowest BCUT2D eigenvalue weighted by molar-refractivity contribution is -0.118. The Hall–Kier alpha value is -2.10. The summed E-state index contributed by atoms with van der Waals surface area (Å²) in [6.07, 6.45) is 1.88. The van der Waals surface area contributed by atoms with Crippen LogP contribution in [0.15, 0.2) is 18.2 Å². The van der Waals surface area contributed by atoms with E-state index in [-0.39, 0.29) is 11.8 Å². The lowest BCUT2D eigenvalue weighted by atomic mass is 9.94. The summed E-state index contributed by atoms with van der Waals surface area (Å²) >= 11 is 0. The van der Waals surface area contributed by atoms with Crippen LogP contribution in [0.1, 0.15) is 41.9 Å². The fourth-order valence-electron chi connectivity index (χ4n) is 3.32. The summed E-state index contributed by atoms with van der Waals surface area (Å²) in [5, 5.41) is 1.02. The fraction of sp³-hybridized carbons (Fsp3) is 0.444. The highest BCUT2D eigenvalue weighted by molar-refractivity contribution is 5.98. The van der Waals surface area contributed by atoms with Gasteiger partial charge in [-0.15, -0.1) is 0 Å². The molecule has 0 fully saturated rings. The Labute approximate surface area is 130 Å². The molecular weight excluding hydrogens is 278 g/mol. The van der Waals surface area contributed by atoms with Crippen molar-refractivity contribution in [2.45, 2.75) is 39.7 Å². The lowest BCUT2D eigenvalue weighted by Crippen LogP contribution is -2.16. The van der Waals surface area contributed by atoms with Gasteiger partial charge in [-0.1, -0.05) is 13.8 Å². The van der Waals surface area contributed by atoms with Gasteiger partial charge in [0, 0.05) is 36.0 Å². The standard InChI is InChI=1S/C18H21NO3/c1-11(2)10-19-16-6-4-12(18(21)22-3)8-14(16)15-9-13(20)5-7-17(15)19/h4,6,8,11H,5,7,9-10H2,1-3H3. The summed E-state index contributed by atoms with van der Waals surface area (Å²) < 4.78 is 7.13. The zero-order valence-electron chi connectivity index (χ0n) is 13.3. The first-order valence-electron chi connectivity index (χ1n) is 7.75. The SMILES string of the molecule is COC(=O)c1ccc2c(c1)c1c(n2CC(C)C)CCC(=O)C1. The zero-order chi connectivity index (χ0) is 15.9. The number of nitrogens with zero attached hydrogens (tertiary/aromatic N) is 1. The number of Topliss-reactive ketones (excluding diaryl/α,β-unsaturated/α-hetero) is 1. The topological polar surface area (TPSA) is 48.3 Å². The first-order valence-corrected chi connectivity index (χ1v) is 7.75. The molecule has 1 aliphatic carbocycles. The van der Waals surface area contributed by atoms with E-state index < -0.39 is 0 Å². The van der Waals surface area contributed by atoms with Gasteiger partial charge < -0.3 is 9.30 Å². The van der Waals surface area contributed by atoms with Gasteiger partial charge in [0.05, 0.1) is 12.7 Å². The number of carbonyl (C=O) groups excluding carboxylic acids is 2. The van der Waals surface area contributed by atoms with Gasteiger partial charge in [0.1, 0.15) is 5.78 Å². The Bertz CT molecular complexity index is 755. The van der Waals surface area contributed by atoms with E-state index in [0.29, 0.717) is 24.3 Å². The molecule has 0 aliphatic heterocycles. The Balaban J connectivity index is 2.22. The zero-order valence-corrected chi connectivity index (χ0v) is 13.3. The summed E-state index contributed by atoms with van der Waals surface area (Å²) in [6.45, 7) is 5.31. The highest BCUT2D eigenvalue weighted by atomic mass is 16.5. The fourth-order valence-corrected chi connectivity index (χ4v) is 3.32. The molecule has 0 spiro atoms. The van der Waals surface area contributed by atoms with Crippen LogP contribution in [0.3, 0.4) is 0 Å². The minimum atomic E-state index is -0.339. The lowest BCUT2D eigenvalue weighted by Gasteiger charge is -2.17. The number of hydrogen-bond acceptors (Lipinski definition) is 3. The van der Waals surface area contributed by atoms with Crippen molar-refractivity contribution in [3.05, 3.63) is 35.0 Å². The second-order valence-electron chi connectivity index (χ2n) is 6.37. The molecule has 0 saturated heterocycles. The number of rotatable bonds is 3. The highest BCUT2D eigenvalue weighted by Crippen LogP contribution is 2.32. The molecule has 4 heteroatoms. The van der Waals surface area contributed by atoms with Crippen LogP contribution in [0.5, 0.6) is 0 Å². The predicted octanol–water partition coefficient (Wildman–Crippen LogP) is 3.14. The third-order valence-corrected chi connectivity index (χ3v) is 4.27. The maximum Gasteiger partial charge on any atom is 0.337 e. The van der Waals surface area contributed by atoms with E-state index in [2.05, 4.69) is 18.4 Å². The van der Waals surface area contributed by atoms with Gasteiger partial charge in [0.15, 0.2) is 0 Å². The second-order valence-corrected chi connectivity index (χ2v) is 6.37. The molecule has 0 atom stereocenters. The number of carbonyl (C=O) groups is 2. The molecule has 2 aromatic rings. The number of ether oxygens (including phenoxy) is 1. The van der Waals surface area contributed by atoms with Crippen LogP contribution >= 0.6 is 0 Å². The molecule has 0 amide bonds. The molecule has 0 N–H and O–H groups in total. The van der Waals surface area contributed by atoms with Crippen LogP contribution in [0, 0.1) is 5.92 Å². The van der Waals surface area contributed by atoms with E-state index in [1.807, 2.05) is 12.1 Å². The van der Waals surface area contributed by atoms with Crippen molar-refractivity contribution < 1.29 is 14.3 Å². The van der Waals surface area contributed by atoms with E-state index in [1.54, 1.807) is 6.07 Å². The van der Waals surface area contributed by atoms with Crippen molar-refractivity contribution in [3.8, 4) is 0 Å². The molecule has 1 aromatic heterocycles. The Morgan fingerprint density at radius 3 is 2.77 bits per heavy atom. The van der Waals surface area contributed by atoms with Gasteiger partial charge in [0.25, 0.3) is 0 Å². The second kappa shape index (κ2) is 5.59. The number of methoxy groups -OCH3 is 1. The maximum absolute atomic E-state index is 11.9. The smallest absolute Gasteiger partial charge is 0.337 e. The molecule has 1 aliphatic rings. The molecule has 4 nitrogen and oxygen atoms in total. The molecule has 116 valence electrons. The number of aromatic nitrogens is 1. The first kappa shape index (κ1) is 14.8. The van der Waals surface area contributed by atoms with Crippen molar-refractivity contribution >= 4 is 22.7 Å². The van der Waals surface area contributed by atoms with E-state index in [4.69, 9.17) is 4.74 Å². The van der Waals surface area contributed by atoms with Gasteiger partial charge in [-0.2, -0.15) is 0 Å². The van der Waals surface area contributed by atoms with Crippen molar-refractivity contribution in [2.75, 3.05) is 7.11 Å². The Kier molecular flexibility index (Phi) is 3.77. The average molecular weight is 299 g/mol. The molecule has 3 rings (SSSR count). The minimum Gasteiger partial charge on any atom is -0.465 e. The number of ketones is 1. The summed E-state index contributed by atoms with van der Waals surface area (Å²) in [4.78, 5) is 23.7. The van der Waals surface area contributed by atoms with Gasteiger partial charge in [0.2, 0.25) is 0 Å². The number of esters is 1. The molecule has 22 heavy (non-hydrogen) atoms. The average Bonchev–Trinajstić information content (AvgIpc) is 2.79. The van der Waals surface area contributed by atoms with Crippen molar-refractivity contribution in [3.63, 3.8) is 0 Å². The molecular formula is C18H21NO3. The van der Waals surface area contributed by atoms with E-state index in [0.717, 1.165) is 29.4 Å². The molecule has 1 aromatic carbocycles. The summed E-state index contributed by atoms with van der Waals surface area (Å²) in [6, 6.07) is 5.65. The molecule has 0 unspecified atom stereocenters. The van der Waals surface area contributed by atoms with E-state index >= 15 is 0 Å². The van der Waals surface area contributed by atoms with Gasteiger partial charge in [-0.3, -0.25) is 4.79 Å². The molecule has 0 saturated carbocycles. The van der Waals surface area contributed by atoms with Gasteiger partial charge in [-0.25, -0.2) is 4.79 Å². The van der Waals surface area contributed by atoms with Crippen LogP contribution in [0.4, 0.5) is 0 Å². The number of hydrogen-bond donors (Lipinski definition) is 0. The maximum atomic E-state index is 11.9. The van der Waals surface area contributed by atoms with Crippen LogP contribution in [-0.2, 0) is 28.9 Å². The number of fused-ring (bicyclic) bond motifs is 3. The van der Waals surface area contributed by atoms with Crippen molar-refractivity contribution in [1.29, 1.82) is 0 Å². The molecule has 1 heterocycles. The van der Waals surface area contributed by atoms with Crippen LogP contribution in [0.25, 0.3) is 10.9 Å². The largest absolute Gasteiger partial charge is 0.465 e. The Morgan fingerprint density at radius 1 is 1.32 bits per heavy atom. The highest BCUT2D eigenvalue weighted by Gasteiger charge is 2.24.